The summed E-state index contributed by atoms with van der Waals surface area (Å²) < 4.78 is 16.4. The van der Waals surface area contributed by atoms with Gasteiger partial charge >= 0.3 is 0 Å². The monoisotopic (exact) mass is 237 g/mol. The predicted octanol–water partition coefficient (Wildman–Crippen LogP) is 1.67. The first-order valence-corrected chi connectivity index (χ1v) is 5.81. The number of rotatable bonds is 3. The fourth-order valence-electron chi connectivity index (χ4n) is 1.90. The van der Waals surface area contributed by atoms with E-state index in [0.29, 0.717) is 19.8 Å². The van der Waals surface area contributed by atoms with Gasteiger partial charge in [0.1, 0.15) is 0 Å². The Bertz CT molecular complexity index is 390. The highest BCUT2D eigenvalue weighted by atomic mass is 16.5. The molecule has 1 aliphatic heterocycles. The van der Waals surface area contributed by atoms with E-state index in [1.807, 2.05) is 25.1 Å². The van der Waals surface area contributed by atoms with E-state index < -0.39 is 5.54 Å². The molecule has 94 valence electrons. The van der Waals surface area contributed by atoms with Crippen molar-refractivity contribution in [2.45, 2.75) is 18.9 Å². The summed E-state index contributed by atoms with van der Waals surface area (Å²) in [5.41, 5.74) is 6.67. The molecule has 0 bridgehead atoms. The molecule has 1 aromatic carbocycles. The van der Waals surface area contributed by atoms with Crippen molar-refractivity contribution < 1.29 is 14.2 Å². The summed E-state index contributed by atoms with van der Waals surface area (Å²) in [4.78, 5) is 0. The van der Waals surface area contributed by atoms with Crippen LogP contribution in [-0.4, -0.2) is 26.9 Å². The maximum atomic E-state index is 6.20. The number of benzene rings is 1. The molecule has 0 aromatic heterocycles. The molecule has 1 aromatic rings. The van der Waals surface area contributed by atoms with Gasteiger partial charge < -0.3 is 19.9 Å². The topological polar surface area (TPSA) is 53.7 Å². The molecule has 4 nitrogen and oxygen atoms in total. The van der Waals surface area contributed by atoms with E-state index >= 15 is 0 Å². The molecule has 1 heterocycles. The van der Waals surface area contributed by atoms with Crippen LogP contribution in [0.25, 0.3) is 0 Å². The molecule has 2 rings (SSSR count). The highest BCUT2D eigenvalue weighted by Gasteiger charge is 2.23. The molecule has 0 saturated heterocycles. The Balaban J connectivity index is 2.29. The lowest BCUT2D eigenvalue weighted by Gasteiger charge is -2.25. The van der Waals surface area contributed by atoms with E-state index in [1.165, 1.54) is 0 Å². The molecule has 0 spiro atoms. The molecule has 0 saturated carbocycles. The number of hydrogen-bond donors (Lipinski definition) is 1. The standard InChI is InChI=1S/C13H19NO3/c1-13(14,9-15-2)10-4-5-11-12(8-10)17-7-3-6-16-11/h4-5,8H,3,6-7,9,14H2,1-2H3. The number of methoxy groups -OCH3 is 1. The summed E-state index contributed by atoms with van der Waals surface area (Å²) in [6.07, 6.45) is 0.905. The van der Waals surface area contributed by atoms with Gasteiger partial charge in [-0.2, -0.15) is 0 Å². The van der Waals surface area contributed by atoms with Crippen LogP contribution in [0.2, 0.25) is 0 Å². The average molecular weight is 237 g/mol. The molecular weight excluding hydrogens is 218 g/mol. The Labute approximate surface area is 102 Å². The quantitative estimate of drug-likeness (QED) is 0.868. The van der Waals surface area contributed by atoms with Crippen LogP contribution in [0.1, 0.15) is 18.9 Å². The van der Waals surface area contributed by atoms with Crippen LogP contribution in [0.3, 0.4) is 0 Å². The second-order valence-corrected chi connectivity index (χ2v) is 4.56. The Morgan fingerprint density at radius 2 is 2.00 bits per heavy atom. The molecule has 0 radical (unpaired) electrons. The SMILES string of the molecule is COCC(C)(N)c1ccc2c(c1)OCCCO2. The summed E-state index contributed by atoms with van der Waals surface area (Å²) in [7, 11) is 1.65. The zero-order valence-corrected chi connectivity index (χ0v) is 10.4. The minimum absolute atomic E-state index is 0.465. The van der Waals surface area contributed by atoms with E-state index in [4.69, 9.17) is 19.9 Å². The van der Waals surface area contributed by atoms with Crippen molar-refractivity contribution in [3.63, 3.8) is 0 Å². The van der Waals surface area contributed by atoms with Crippen molar-refractivity contribution in [3.8, 4) is 11.5 Å². The zero-order chi connectivity index (χ0) is 12.3. The third kappa shape index (κ3) is 2.70. The maximum Gasteiger partial charge on any atom is 0.161 e. The zero-order valence-electron chi connectivity index (χ0n) is 10.4. The van der Waals surface area contributed by atoms with Crippen LogP contribution in [-0.2, 0) is 10.3 Å². The van der Waals surface area contributed by atoms with Gasteiger partial charge in [-0.25, -0.2) is 0 Å². The van der Waals surface area contributed by atoms with Crippen LogP contribution in [0.5, 0.6) is 11.5 Å². The van der Waals surface area contributed by atoms with Crippen LogP contribution in [0, 0.1) is 0 Å². The molecule has 0 amide bonds. The first kappa shape index (κ1) is 12.2. The maximum absolute atomic E-state index is 6.20. The fraction of sp³-hybridized carbons (Fsp3) is 0.538. The molecule has 1 unspecified atom stereocenters. The normalized spacial score (nSPS) is 18.3. The Kier molecular flexibility index (Phi) is 3.54. The lowest BCUT2D eigenvalue weighted by molar-refractivity contribution is 0.141. The second-order valence-electron chi connectivity index (χ2n) is 4.56. The van der Waals surface area contributed by atoms with Crippen LogP contribution in [0.4, 0.5) is 0 Å². The third-order valence-electron chi connectivity index (χ3n) is 2.85. The van der Waals surface area contributed by atoms with Gasteiger partial charge in [-0.1, -0.05) is 6.07 Å². The first-order chi connectivity index (χ1) is 8.13. The summed E-state index contributed by atoms with van der Waals surface area (Å²) in [5.74, 6) is 1.56. The molecular formula is C13H19NO3. The largest absolute Gasteiger partial charge is 0.490 e. The number of nitrogens with two attached hydrogens (primary N) is 1. The number of hydrogen-bond acceptors (Lipinski definition) is 4. The Hall–Kier alpha value is -1.26. The van der Waals surface area contributed by atoms with Gasteiger partial charge in [-0.05, 0) is 24.6 Å². The molecule has 2 N–H and O–H groups in total. The first-order valence-electron chi connectivity index (χ1n) is 5.81. The van der Waals surface area contributed by atoms with Gasteiger partial charge in [0.25, 0.3) is 0 Å². The Morgan fingerprint density at radius 1 is 1.29 bits per heavy atom. The molecule has 0 fully saturated rings. The summed E-state index contributed by atoms with van der Waals surface area (Å²) in [5, 5.41) is 0. The fourth-order valence-corrected chi connectivity index (χ4v) is 1.90. The second kappa shape index (κ2) is 4.94. The van der Waals surface area contributed by atoms with E-state index in [2.05, 4.69) is 0 Å². The van der Waals surface area contributed by atoms with Crippen molar-refractivity contribution in [1.29, 1.82) is 0 Å². The minimum atomic E-state index is -0.514. The summed E-state index contributed by atoms with van der Waals surface area (Å²) in [6.45, 7) is 3.79. The van der Waals surface area contributed by atoms with Gasteiger partial charge in [0.05, 0.1) is 25.4 Å². The van der Waals surface area contributed by atoms with E-state index in [9.17, 15) is 0 Å². The van der Waals surface area contributed by atoms with Crippen LogP contribution in [0.15, 0.2) is 18.2 Å². The van der Waals surface area contributed by atoms with Crippen molar-refractivity contribution >= 4 is 0 Å². The smallest absolute Gasteiger partial charge is 0.161 e. The van der Waals surface area contributed by atoms with Crippen LogP contribution < -0.4 is 15.2 Å². The van der Waals surface area contributed by atoms with Crippen molar-refractivity contribution in [1.82, 2.24) is 0 Å². The van der Waals surface area contributed by atoms with Gasteiger partial charge in [0.2, 0.25) is 0 Å². The summed E-state index contributed by atoms with van der Waals surface area (Å²) >= 11 is 0. The van der Waals surface area contributed by atoms with Crippen molar-refractivity contribution in [3.05, 3.63) is 23.8 Å². The molecule has 1 aliphatic rings. The van der Waals surface area contributed by atoms with E-state index in [0.717, 1.165) is 23.5 Å². The molecule has 0 aliphatic carbocycles. The summed E-state index contributed by atoms with van der Waals surface area (Å²) in [6, 6.07) is 5.82. The van der Waals surface area contributed by atoms with Gasteiger partial charge in [0.15, 0.2) is 11.5 Å². The van der Waals surface area contributed by atoms with Crippen LogP contribution >= 0.6 is 0 Å². The molecule has 17 heavy (non-hydrogen) atoms. The highest BCUT2D eigenvalue weighted by molar-refractivity contribution is 5.45. The minimum Gasteiger partial charge on any atom is -0.490 e. The molecule has 1 atom stereocenters. The van der Waals surface area contributed by atoms with Crippen molar-refractivity contribution in [2.75, 3.05) is 26.9 Å². The van der Waals surface area contributed by atoms with Gasteiger partial charge in [-0.3, -0.25) is 0 Å². The number of fused-ring (bicyclic) bond motifs is 1. The Morgan fingerprint density at radius 3 is 2.71 bits per heavy atom. The average Bonchev–Trinajstić information content (AvgIpc) is 2.52. The van der Waals surface area contributed by atoms with Gasteiger partial charge in [0, 0.05) is 13.5 Å². The molecule has 4 heteroatoms. The lowest BCUT2D eigenvalue weighted by atomic mass is 9.94. The van der Waals surface area contributed by atoms with E-state index in [-0.39, 0.29) is 0 Å². The van der Waals surface area contributed by atoms with Gasteiger partial charge in [-0.15, -0.1) is 0 Å². The highest BCUT2D eigenvalue weighted by Crippen LogP contribution is 2.33. The van der Waals surface area contributed by atoms with E-state index in [1.54, 1.807) is 7.11 Å². The lowest BCUT2D eigenvalue weighted by Crippen LogP contribution is -2.37. The third-order valence-corrected chi connectivity index (χ3v) is 2.85. The number of ether oxygens (including phenoxy) is 3. The predicted molar refractivity (Wildman–Crippen MR) is 65.5 cm³/mol. The van der Waals surface area contributed by atoms with Crippen molar-refractivity contribution in [2.24, 2.45) is 5.73 Å².